The number of anilines is 2. The quantitative estimate of drug-likeness (QED) is 0.441. The first-order valence-electron chi connectivity index (χ1n) is 10.6. The molecule has 1 aliphatic heterocycles. The van der Waals surface area contributed by atoms with Crippen LogP contribution < -0.4 is 9.80 Å². The van der Waals surface area contributed by atoms with Gasteiger partial charge in [0.25, 0.3) is 5.91 Å². The average Bonchev–Trinajstić information content (AvgIpc) is 3.36. The summed E-state index contributed by atoms with van der Waals surface area (Å²) in [6.45, 7) is 2.03. The second kappa shape index (κ2) is 7.46. The number of carbonyl (C=O) groups excluding carboxylic acids is 1. The molecular formula is C25H22N4O4. The van der Waals surface area contributed by atoms with Gasteiger partial charge in [0.1, 0.15) is 0 Å². The van der Waals surface area contributed by atoms with Crippen molar-refractivity contribution in [1.29, 1.82) is 0 Å². The molecule has 0 spiro atoms. The van der Waals surface area contributed by atoms with Crippen molar-refractivity contribution in [2.75, 3.05) is 16.8 Å². The lowest BCUT2D eigenvalue weighted by Gasteiger charge is -2.35. The van der Waals surface area contributed by atoms with Gasteiger partial charge in [0.2, 0.25) is 5.95 Å². The number of carbonyl (C=O) groups is 2. The normalized spacial score (nSPS) is 17.4. The Morgan fingerprint density at radius 1 is 1.12 bits per heavy atom. The highest BCUT2D eigenvalue weighted by molar-refractivity contribution is 6.12. The van der Waals surface area contributed by atoms with Crippen LogP contribution in [0, 0.1) is 0 Å². The minimum Gasteiger partial charge on any atom is -0.465 e. The first-order valence-corrected chi connectivity index (χ1v) is 10.6. The lowest BCUT2D eigenvalue weighted by Crippen LogP contribution is -2.45. The average molecular weight is 442 g/mol. The first-order chi connectivity index (χ1) is 15.8. The van der Waals surface area contributed by atoms with Crippen molar-refractivity contribution in [1.82, 2.24) is 9.97 Å². The molecule has 4 aromatic rings. The summed E-state index contributed by atoms with van der Waals surface area (Å²) < 4.78 is 0. The summed E-state index contributed by atoms with van der Waals surface area (Å²) in [6, 6.07) is 19.7. The molecule has 5 rings (SSSR count). The molecule has 0 aliphatic carbocycles. The molecule has 0 saturated carbocycles. The molecule has 8 heteroatoms. The Hall–Kier alpha value is -4.17. The Balaban J connectivity index is 1.71. The molecule has 3 aromatic carbocycles. The highest BCUT2D eigenvalue weighted by atomic mass is 16.4. The van der Waals surface area contributed by atoms with Crippen molar-refractivity contribution in [2.24, 2.45) is 0 Å². The van der Waals surface area contributed by atoms with Crippen molar-refractivity contribution in [3.8, 4) is 0 Å². The molecule has 0 saturated heterocycles. The van der Waals surface area contributed by atoms with Gasteiger partial charge in [-0.1, -0.05) is 43.3 Å². The Morgan fingerprint density at radius 2 is 1.91 bits per heavy atom. The van der Waals surface area contributed by atoms with Crippen LogP contribution in [0.2, 0.25) is 0 Å². The second-order valence-corrected chi connectivity index (χ2v) is 8.02. The highest BCUT2D eigenvalue weighted by Gasteiger charge is 2.50. The van der Waals surface area contributed by atoms with Crippen molar-refractivity contribution in [3.05, 3.63) is 89.0 Å². The van der Waals surface area contributed by atoms with Crippen molar-refractivity contribution >= 4 is 34.7 Å². The van der Waals surface area contributed by atoms with Crippen LogP contribution in [-0.2, 0) is 12.1 Å². The molecule has 33 heavy (non-hydrogen) atoms. The highest BCUT2D eigenvalue weighted by Crippen LogP contribution is 2.45. The van der Waals surface area contributed by atoms with Gasteiger partial charge in [-0.3, -0.25) is 14.6 Å². The molecule has 166 valence electrons. The van der Waals surface area contributed by atoms with Crippen LogP contribution in [0.25, 0.3) is 11.0 Å². The zero-order valence-corrected chi connectivity index (χ0v) is 18.1. The molecule has 1 atom stereocenters. The number of fused-ring (bicyclic) bond motifs is 2. The number of nitrogens with one attached hydrogen (secondary N) is 1. The number of aryl methyl sites for hydroxylation is 1. The number of rotatable bonds is 4. The summed E-state index contributed by atoms with van der Waals surface area (Å²) in [5, 5.41) is 21.4. The minimum absolute atomic E-state index is 0.164. The standard InChI is InChI=1S/C25H22N4O4/c1-3-15-7-6-8-17(13-15)29-22(30)18-9-4-5-10-19(18)25(29,33)16-11-12-20-21(14-16)27-23(26-20)28(2)24(31)32/h4-14,33H,3H2,1-2H3,(H,26,27)(H,31,32). The fraction of sp³-hybridized carbons (Fsp3) is 0.160. The number of aromatic amines is 1. The largest absolute Gasteiger partial charge is 0.465 e. The Labute approximate surface area is 189 Å². The molecule has 8 nitrogen and oxygen atoms in total. The van der Waals surface area contributed by atoms with Gasteiger partial charge in [0.15, 0.2) is 5.72 Å². The van der Waals surface area contributed by atoms with Gasteiger partial charge < -0.3 is 15.2 Å². The zero-order chi connectivity index (χ0) is 23.3. The van der Waals surface area contributed by atoms with Gasteiger partial charge in [-0.15, -0.1) is 0 Å². The number of nitrogens with zero attached hydrogens (tertiary/aromatic N) is 3. The van der Waals surface area contributed by atoms with E-state index in [2.05, 4.69) is 9.97 Å². The van der Waals surface area contributed by atoms with Crippen LogP contribution in [0.15, 0.2) is 66.7 Å². The van der Waals surface area contributed by atoms with Crippen LogP contribution in [0.3, 0.4) is 0 Å². The smallest absolute Gasteiger partial charge is 0.413 e. The van der Waals surface area contributed by atoms with Crippen molar-refractivity contribution < 1.29 is 19.8 Å². The van der Waals surface area contributed by atoms with E-state index in [1.54, 1.807) is 42.5 Å². The van der Waals surface area contributed by atoms with Gasteiger partial charge in [-0.25, -0.2) is 9.78 Å². The van der Waals surface area contributed by atoms with E-state index in [0.29, 0.717) is 33.4 Å². The van der Waals surface area contributed by atoms with Gasteiger partial charge in [-0.2, -0.15) is 0 Å². The van der Waals surface area contributed by atoms with Crippen LogP contribution in [-0.4, -0.2) is 39.2 Å². The van der Waals surface area contributed by atoms with Crippen LogP contribution in [0.5, 0.6) is 0 Å². The predicted octanol–water partition coefficient (Wildman–Crippen LogP) is 4.09. The van der Waals surface area contributed by atoms with E-state index in [1.165, 1.54) is 11.9 Å². The number of amides is 2. The summed E-state index contributed by atoms with van der Waals surface area (Å²) in [5.41, 5.74) is 2.35. The lowest BCUT2D eigenvalue weighted by molar-refractivity contribution is 0.0704. The number of carboxylic acid groups (broad SMARTS) is 1. The van der Waals surface area contributed by atoms with Gasteiger partial charge in [0.05, 0.1) is 11.0 Å². The van der Waals surface area contributed by atoms with Gasteiger partial charge >= 0.3 is 6.09 Å². The molecular weight excluding hydrogens is 420 g/mol. The summed E-state index contributed by atoms with van der Waals surface area (Å²) in [5.74, 6) is -0.130. The Kier molecular flexibility index (Phi) is 4.68. The number of hydrogen-bond donors (Lipinski definition) is 3. The molecule has 2 amide bonds. The van der Waals surface area contributed by atoms with E-state index in [1.807, 2.05) is 31.2 Å². The third-order valence-electron chi connectivity index (χ3n) is 6.11. The van der Waals surface area contributed by atoms with Crippen molar-refractivity contribution in [2.45, 2.75) is 19.1 Å². The monoisotopic (exact) mass is 442 g/mol. The van der Waals surface area contributed by atoms with Gasteiger partial charge in [-0.05, 0) is 42.3 Å². The Bertz CT molecular complexity index is 1410. The maximum atomic E-state index is 13.5. The maximum absolute atomic E-state index is 13.5. The molecule has 1 aromatic heterocycles. The van der Waals surface area contributed by atoms with Gasteiger partial charge in [0, 0.05) is 29.4 Å². The number of benzene rings is 3. The summed E-state index contributed by atoms with van der Waals surface area (Å²) in [6.07, 6.45) is -0.355. The van der Waals surface area contributed by atoms with E-state index in [-0.39, 0.29) is 11.9 Å². The topological polar surface area (TPSA) is 110 Å². The third kappa shape index (κ3) is 3.07. The molecule has 1 aliphatic rings. The Morgan fingerprint density at radius 3 is 2.67 bits per heavy atom. The van der Waals surface area contributed by atoms with E-state index in [4.69, 9.17) is 0 Å². The van der Waals surface area contributed by atoms with E-state index >= 15 is 0 Å². The van der Waals surface area contributed by atoms with Crippen LogP contribution in [0.4, 0.5) is 16.4 Å². The van der Waals surface area contributed by atoms with Crippen LogP contribution in [0.1, 0.15) is 34.0 Å². The fourth-order valence-electron chi connectivity index (χ4n) is 4.33. The second-order valence-electron chi connectivity index (χ2n) is 8.02. The fourth-order valence-corrected chi connectivity index (χ4v) is 4.33. The summed E-state index contributed by atoms with van der Waals surface area (Å²) in [4.78, 5) is 34.5. The molecule has 0 radical (unpaired) electrons. The number of imidazole rings is 1. The maximum Gasteiger partial charge on any atom is 0.413 e. The van der Waals surface area contributed by atoms with Crippen molar-refractivity contribution in [3.63, 3.8) is 0 Å². The first kappa shape index (κ1) is 20.7. The number of H-pyrrole nitrogens is 1. The third-order valence-corrected chi connectivity index (χ3v) is 6.11. The van der Waals surface area contributed by atoms with E-state index in [9.17, 15) is 19.8 Å². The molecule has 1 unspecified atom stereocenters. The summed E-state index contributed by atoms with van der Waals surface area (Å²) in [7, 11) is 1.39. The zero-order valence-electron chi connectivity index (χ0n) is 18.1. The molecule has 3 N–H and O–H groups in total. The molecule has 2 heterocycles. The predicted molar refractivity (Wildman–Crippen MR) is 125 cm³/mol. The lowest BCUT2D eigenvalue weighted by atomic mass is 9.93. The number of aliphatic hydroxyl groups is 1. The number of aromatic nitrogens is 2. The summed E-state index contributed by atoms with van der Waals surface area (Å²) >= 11 is 0. The van der Waals surface area contributed by atoms with Crippen LogP contribution >= 0.6 is 0 Å². The minimum atomic E-state index is -1.75. The molecule has 0 bridgehead atoms. The number of hydrogen-bond acceptors (Lipinski definition) is 4. The van der Waals surface area contributed by atoms with E-state index in [0.717, 1.165) is 16.9 Å². The SMILES string of the molecule is CCc1cccc(N2C(=O)c3ccccc3C2(O)c2ccc3nc(N(C)C(=O)O)[nH]c3c2)c1. The molecule has 0 fully saturated rings. The van der Waals surface area contributed by atoms with E-state index < -0.39 is 11.8 Å².